The van der Waals surface area contributed by atoms with Crippen molar-refractivity contribution in [3.05, 3.63) is 93.9 Å². The van der Waals surface area contributed by atoms with E-state index >= 15 is 0 Å². The molecule has 1 N–H and O–H groups in total. The standard InChI is InChI=1S/C31H37N3O4/c1-23-8-13-29(24(2)20-23)38-22-31(36)14-16-33(17-15-31)21-25-9-11-26(12-10-25)37-19-18-34-28-7-5-4-6-27(28)32(3)30(34)35/h4-13,20,36H,14-19,21-22H2,1-3H3. The second kappa shape index (κ2) is 11.1. The largest absolute Gasteiger partial charge is 0.492 e. The van der Waals surface area contributed by atoms with Crippen LogP contribution in [0.2, 0.25) is 0 Å². The van der Waals surface area contributed by atoms with E-state index in [-0.39, 0.29) is 5.69 Å². The molecule has 1 aromatic heterocycles. The van der Waals surface area contributed by atoms with Gasteiger partial charge in [0, 0.05) is 26.7 Å². The quantitative estimate of drug-likeness (QED) is 0.357. The molecule has 7 heteroatoms. The number of aliphatic hydroxyl groups is 1. The van der Waals surface area contributed by atoms with Crippen LogP contribution >= 0.6 is 0 Å². The summed E-state index contributed by atoms with van der Waals surface area (Å²) in [6, 6.07) is 22.1. The topological polar surface area (TPSA) is 68.9 Å². The van der Waals surface area contributed by atoms with Gasteiger partial charge in [-0.1, -0.05) is 42.0 Å². The molecular formula is C31H37N3O4. The molecule has 0 bridgehead atoms. The summed E-state index contributed by atoms with van der Waals surface area (Å²) in [6.45, 7) is 7.82. The second-order valence-electron chi connectivity index (χ2n) is 10.5. The van der Waals surface area contributed by atoms with Crippen LogP contribution < -0.4 is 15.2 Å². The lowest BCUT2D eigenvalue weighted by Gasteiger charge is -2.38. The van der Waals surface area contributed by atoms with E-state index in [0.717, 1.165) is 47.7 Å². The second-order valence-corrected chi connectivity index (χ2v) is 10.5. The van der Waals surface area contributed by atoms with Gasteiger partial charge in [-0.2, -0.15) is 0 Å². The molecule has 38 heavy (non-hydrogen) atoms. The van der Waals surface area contributed by atoms with E-state index in [2.05, 4.69) is 30.0 Å². The minimum atomic E-state index is -0.794. The van der Waals surface area contributed by atoms with Gasteiger partial charge in [0.25, 0.3) is 0 Å². The molecule has 5 rings (SSSR count). The molecule has 1 saturated heterocycles. The average molecular weight is 516 g/mol. The number of piperidine rings is 1. The molecule has 0 amide bonds. The predicted octanol–water partition coefficient (Wildman–Crippen LogP) is 4.44. The fourth-order valence-corrected chi connectivity index (χ4v) is 5.23. The molecule has 3 aromatic carbocycles. The molecule has 0 saturated carbocycles. The van der Waals surface area contributed by atoms with Gasteiger partial charge >= 0.3 is 5.69 Å². The Balaban J connectivity index is 1.08. The molecule has 7 nitrogen and oxygen atoms in total. The predicted molar refractivity (Wildman–Crippen MR) is 150 cm³/mol. The third kappa shape index (κ3) is 5.79. The first-order chi connectivity index (χ1) is 18.3. The number of benzene rings is 3. The third-order valence-corrected chi connectivity index (χ3v) is 7.58. The molecule has 0 atom stereocenters. The lowest BCUT2D eigenvalue weighted by atomic mass is 9.92. The van der Waals surface area contributed by atoms with Crippen LogP contribution in [-0.2, 0) is 20.1 Å². The van der Waals surface area contributed by atoms with E-state index in [1.165, 1.54) is 11.1 Å². The zero-order valence-corrected chi connectivity index (χ0v) is 22.5. The van der Waals surface area contributed by atoms with Crippen molar-refractivity contribution in [3.63, 3.8) is 0 Å². The van der Waals surface area contributed by atoms with Gasteiger partial charge in [0.15, 0.2) is 0 Å². The first kappa shape index (κ1) is 26.1. The Bertz CT molecular complexity index is 1450. The molecule has 0 aliphatic carbocycles. The number of fused-ring (bicyclic) bond motifs is 1. The highest BCUT2D eigenvalue weighted by Gasteiger charge is 2.33. The number of hydrogen-bond acceptors (Lipinski definition) is 5. The van der Waals surface area contributed by atoms with Crippen molar-refractivity contribution in [1.29, 1.82) is 0 Å². The van der Waals surface area contributed by atoms with Crippen LogP contribution in [0.15, 0.2) is 71.5 Å². The van der Waals surface area contributed by atoms with Crippen LogP contribution in [0.25, 0.3) is 11.0 Å². The first-order valence-electron chi connectivity index (χ1n) is 13.3. The van der Waals surface area contributed by atoms with Crippen molar-refractivity contribution in [2.75, 3.05) is 26.3 Å². The van der Waals surface area contributed by atoms with Crippen LogP contribution in [0.5, 0.6) is 11.5 Å². The molecule has 1 aliphatic rings. The Labute approximate surface area is 223 Å². The van der Waals surface area contributed by atoms with Crippen LogP contribution in [0.3, 0.4) is 0 Å². The van der Waals surface area contributed by atoms with E-state index < -0.39 is 5.60 Å². The maximum Gasteiger partial charge on any atom is 0.328 e. The summed E-state index contributed by atoms with van der Waals surface area (Å²) in [5, 5.41) is 11.0. The molecule has 4 aromatic rings. The van der Waals surface area contributed by atoms with Gasteiger partial charge < -0.3 is 14.6 Å². The van der Waals surface area contributed by atoms with Gasteiger partial charge in [0.1, 0.15) is 30.3 Å². The Morgan fingerprint density at radius 2 is 1.63 bits per heavy atom. The van der Waals surface area contributed by atoms with Gasteiger partial charge in [0.2, 0.25) is 0 Å². The summed E-state index contributed by atoms with van der Waals surface area (Å²) in [5.41, 5.74) is 4.53. The molecule has 1 aliphatic heterocycles. The van der Waals surface area contributed by atoms with Gasteiger partial charge in [-0.3, -0.25) is 14.0 Å². The number of para-hydroxylation sites is 2. The fourth-order valence-electron chi connectivity index (χ4n) is 5.23. The fraction of sp³-hybridized carbons (Fsp3) is 0.387. The lowest BCUT2D eigenvalue weighted by Crippen LogP contribution is -2.47. The van der Waals surface area contributed by atoms with Gasteiger partial charge in [-0.15, -0.1) is 0 Å². The van der Waals surface area contributed by atoms with Gasteiger partial charge in [-0.05, 0) is 68.1 Å². The minimum absolute atomic E-state index is 0.0320. The number of likely N-dealkylation sites (tertiary alicyclic amines) is 1. The van der Waals surface area contributed by atoms with Crippen LogP contribution in [0.1, 0.15) is 29.5 Å². The molecule has 1 fully saturated rings. The molecular weight excluding hydrogens is 478 g/mol. The molecule has 0 radical (unpaired) electrons. The SMILES string of the molecule is Cc1ccc(OCC2(O)CCN(Cc3ccc(OCCn4c(=O)n(C)c5ccccc54)cc3)CC2)c(C)c1. The summed E-state index contributed by atoms with van der Waals surface area (Å²) < 4.78 is 15.4. The van der Waals surface area contributed by atoms with Gasteiger partial charge in [-0.25, -0.2) is 4.79 Å². The van der Waals surface area contributed by atoms with Crippen molar-refractivity contribution in [2.45, 2.75) is 45.4 Å². The monoisotopic (exact) mass is 515 g/mol. The lowest BCUT2D eigenvalue weighted by molar-refractivity contribution is -0.0538. The normalized spacial score (nSPS) is 15.6. The minimum Gasteiger partial charge on any atom is -0.492 e. The summed E-state index contributed by atoms with van der Waals surface area (Å²) >= 11 is 0. The van der Waals surface area contributed by atoms with Gasteiger partial charge in [0.05, 0.1) is 17.6 Å². The smallest absolute Gasteiger partial charge is 0.328 e. The highest BCUT2D eigenvalue weighted by Crippen LogP contribution is 2.27. The Morgan fingerprint density at radius 3 is 2.34 bits per heavy atom. The number of rotatable bonds is 9. The molecule has 0 unspecified atom stereocenters. The maximum absolute atomic E-state index is 12.6. The zero-order chi connectivity index (χ0) is 26.7. The van der Waals surface area contributed by atoms with E-state index in [9.17, 15) is 9.90 Å². The molecule has 0 spiro atoms. The Hall–Kier alpha value is -3.55. The number of aryl methyl sites for hydroxylation is 3. The van der Waals surface area contributed by atoms with Crippen LogP contribution in [0.4, 0.5) is 0 Å². The van der Waals surface area contributed by atoms with Crippen LogP contribution in [-0.4, -0.2) is 51.0 Å². The van der Waals surface area contributed by atoms with Crippen molar-refractivity contribution < 1.29 is 14.6 Å². The van der Waals surface area contributed by atoms with Crippen molar-refractivity contribution in [1.82, 2.24) is 14.0 Å². The van der Waals surface area contributed by atoms with E-state index in [1.807, 2.05) is 55.5 Å². The number of hydrogen-bond donors (Lipinski definition) is 1. The third-order valence-electron chi connectivity index (χ3n) is 7.58. The number of nitrogens with zero attached hydrogens (tertiary/aromatic N) is 3. The highest BCUT2D eigenvalue weighted by molar-refractivity contribution is 5.75. The number of imidazole rings is 1. The zero-order valence-electron chi connectivity index (χ0n) is 22.5. The van der Waals surface area contributed by atoms with Crippen molar-refractivity contribution >= 4 is 11.0 Å². The van der Waals surface area contributed by atoms with Crippen LogP contribution in [0, 0.1) is 13.8 Å². The molecule has 200 valence electrons. The number of ether oxygens (including phenoxy) is 2. The van der Waals surface area contributed by atoms with E-state index in [4.69, 9.17) is 9.47 Å². The van der Waals surface area contributed by atoms with Crippen molar-refractivity contribution in [2.24, 2.45) is 7.05 Å². The summed E-state index contributed by atoms with van der Waals surface area (Å²) in [6.07, 6.45) is 1.37. The molecule has 2 heterocycles. The maximum atomic E-state index is 12.6. The highest BCUT2D eigenvalue weighted by atomic mass is 16.5. The van der Waals surface area contributed by atoms with E-state index in [0.29, 0.717) is 32.6 Å². The van der Waals surface area contributed by atoms with E-state index in [1.54, 1.807) is 16.2 Å². The number of aromatic nitrogens is 2. The summed E-state index contributed by atoms with van der Waals surface area (Å²) in [7, 11) is 1.80. The Morgan fingerprint density at radius 1 is 0.921 bits per heavy atom. The average Bonchev–Trinajstić information content (AvgIpc) is 3.16. The summed E-state index contributed by atoms with van der Waals surface area (Å²) in [5.74, 6) is 1.64. The Kier molecular flexibility index (Phi) is 7.58. The van der Waals surface area contributed by atoms with Crippen molar-refractivity contribution in [3.8, 4) is 11.5 Å². The first-order valence-corrected chi connectivity index (χ1v) is 13.3. The summed E-state index contributed by atoms with van der Waals surface area (Å²) in [4.78, 5) is 14.9.